The Balaban J connectivity index is 1.92. The standard InChI is InChI=1S/C23H18F4N4O5/c1-12(15-7-16(23(25,26)27)9-18(8-15)31(35)36)28-22(34)14-3-6-21(33)30(11-14)17-4-5-19(24)20(10-17)29-13(2)32/h3-12H,1-2H3,(H,28,34)(H,29,32)/t12-/m1/s1. The fourth-order valence-corrected chi connectivity index (χ4v) is 3.29. The first-order chi connectivity index (χ1) is 16.8. The molecule has 0 aliphatic carbocycles. The molecular formula is C23H18F4N4O5. The number of hydrogen-bond donors (Lipinski definition) is 2. The number of benzene rings is 2. The third-order valence-electron chi connectivity index (χ3n) is 5.04. The topological polar surface area (TPSA) is 123 Å². The van der Waals surface area contributed by atoms with Gasteiger partial charge in [-0.2, -0.15) is 13.2 Å². The van der Waals surface area contributed by atoms with Crippen molar-refractivity contribution < 1.29 is 32.1 Å². The zero-order chi connectivity index (χ0) is 26.8. The number of alkyl halides is 3. The van der Waals surface area contributed by atoms with E-state index >= 15 is 0 Å². The monoisotopic (exact) mass is 506 g/mol. The lowest BCUT2D eigenvalue weighted by Crippen LogP contribution is -2.28. The maximum atomic E-state index is 14.0. The SMILES string of the molecule is CC(=O)Nc1cc(-n2cc(C(=O)N[C@H](C)c3cc([N+](=O)[O-])cc(C(F)(F)F)c3)ccc2=O)ccc1F. The minimum Gasteiger partial charge on any atom is -0.345 e. The molecule has 3 aromatic rings. The molecule has 2 N–H and O–H groups in total. The second kappa shape index (κ2) is 9.98. The number of nitro benzene ring substituents is 1. The van der Waals surface area contributed by atoms with Crippen molar-refractivity contribution in [2.24, 2.45) is 0 Å². The minimum atomic E-state index is -4.84. The first-order valence-electron chi connectivity index (χ1n) is 10.2. The summed E-state index contributed by atoms with van der Waals surface area (Å²) in [5.74, 6) is -2.09. The highest BCUT2D eigenvalue weighted by Gasteiger charge is 2.33. The molecular weight excluding hydrogens is 488 g/mol. The average Bonchev–Trinajstić information content (AvgIpc) is 2.79. The molecule has 188 valence electrons. The van der Waals surface area contributed by atoms with Crippen LogP contribution in [0.1, 0.15) is 41.4 Å². The van der Waals surface area contributed by atoms with E-state index in [0.717, 1.165) is 29.0 Å². The number of carbonyl (C=O) groups is 2. The van der Waals surface area contributed by atoms with Crippen LogP contribution in [0.25, 0.3) is 5.69 Å². The van der Waals surface area contributed by atoms with Gasteiger partial charge in [0.1, 0.15) is 5.82 Å². The summed E-state index contributed by atoms with van der Waals surface area (Å²) in [5.41, 5.74) is -2.92. The Morgan fingerprint density at radius 2 is 1.78 bits per heavy atom. The Bertz CT molecular complexity index is 1420. The van der Waals surface area contributed by atoms with Crippen molar-refractivity contribution >= 4 is 23.2 Å². The highest BCUT2D eigenvalue weighted by atomic mass is 19.4. The molecule has 0 spiro atoms. The van der Waals surface area contributed by atoms with Gasteiger partial charge in [0.2, 0.25) is 5.91 Å². The molecule has 2 aromatic carbocycles. The molecule has 0 radical (unpaired) electrons. The van der Waals surface area contributed by atoms with Crippen LogP contribution in [0.3, 0.4) is 0 Å². The van der Waals surface area contributed by atoms with Crippen molar-refractivity contribution in [2.75, 3.05) is 5.32 Å². The number of nitrogens with zero attached hydrogens (tertiary/aromatic N) is 2. The van der Waals surface area contributed by atoms with Gasteiger partial charge in [-0.1, -0.05) is 0 Å². The lowest BCUT2D eigenvalue weighted by atomic mass is 10.0. The number of halogens is 4. The second-order valence-electron chi connectivity index (χ2n) is 7.73. The number of nitro groups is 1. The third kappa shape index (κ3) is 5.92. The summed E-state index contributed by atoms with van der Waals surface area (Å²) in [6.07, 6.45) is -3.71. The molecule has 0 saturated carbocycles. The minimum absolute atomic E-state index is 0.0756. The van der Waals surface area contributed by atoms with Crippen molar-refractivity contribution in [3.63, 3.8) is 0 Å². The average molecular weight is 506 g/mol. The number of nitrogens with one attached hydrogen (secondary N) is 2. The Morgan fingerprint density at radius 1 is 1.08 bits per heavy atom. The van der Waals surface area contributed by atoms with E-state index in [9.17, 15) is 42.1 Å². The molecule has 0 unspecified atom stereocenters. The van der Waals surface area contributed by atoms with Gasteiger partial charge in [-0.15, -0.1) is 0 Å². The van der Waals surface area contributed by atoms with Crippen LogP contribution in [0.2, 0.25) is 0 Å². The number of pyridine rings is 1. The molecule has 0 aliphatic rings. The van der Waals surface area contributed by atoms with Crippen LogP contribution in [0, 0.1) is 15.9 Å². The molecule has 1 atom stereocenters. The van der Waals surface area contributed by atoms with Gasteiger partial charge < -0.3 is 10.6 Å². The largest absolute Gasteiger partial charge is 0.416 e. The van der Waals surface area contributed by atoms with Gasteiger partial charge in [0.25, 0.3) is 17.2 Å². The summed E-state index contributed by atoms with van der Waals surface area (Å²) < 4.78 is 54.5. The summed E-state index contributed by atoms with van der Waals surface area (Å²) in [4.78, 5) is 46.5. The van der Waals surface area contributed by atoms with E-state index in [1.807, 2.05) is 0 Å². The van der Waals surface area contributed by atoms with Crippen LogP contribution in [-0.4, -0.2) is 21.3 Å². The quantitative estimate of drug-likeness (QED) is 0.292. The number of rotatable bonds is 6. The van der Waals surface area contributed by atoms with E-state index in [0.29, 0.717) is 12.1 Å². The molecule has 0 aliphatic heterocycles. The lowest BCUT2D eigenvalue weighted by Gasteiger charge is -2.17. The van der Waals surface area contributed by atoms with Crippen molar-refractivity contribution in [1.29, 1.82) is 0 Å². The zero-order valence-electron chi connectivity index (χ0n) is 18.7. The van der Waals surface area contributed by atoms with Crippen LogP contribution >= 0.6 is 0 Å². The lowest BCUT2D eigenvalue weighted by molar-refractivity contribution is -0.385. The van der Waals surface area contributed by atoms with E-state index in [4.69, 9.17) is 0 Å². The molecule has 1 heterocycles. The Kier molecular flexibility index (Phi) is 7.22. The van der Waals surface area contributed by atoms with E-state index in [1.54, 1.807) is 0 Å². The zero-order valence-corrected chi connectivity index (χ0v) is 18.7. The van der Waals surface area contributed by atoms with Crippen molar-refractivity contribution in [2.45, 2.75) is 26.1 Å². The maximum Gasteiger partial charge on any atom is 0.416 e. The van der Waals surface area contributed by atoms with Gasteiger partial charge >= 0.3 is 6.18 Å². The van der Waals surface area contributed by atoms with Gasteiger partial charge in [0.15, 0.2) is 0 Å². The van der Waals surface area contributed by atoms with Crippen molar-refractivity contribution in [1.82, 2.24) is 9.88 Å². The first kappa shape index (κ1) is 26.1. The Hall–Kier alpha value is -4.55. The van der Waals surface area contributed by atoms with Gasteiger partial charge in [0, 0.05) is 31.3 Å². The molecule has 13 heteroatoms. The summed E-state index contributed by atoms with van der Waals surface area (Å²) in [5, 5.41) is 15.8. The van der Waals surface area contributed by atoms with E-state index < -0.39 is 51.6 Å². The number of anilines is 1. The first-order valence-corrected chi connectivity index (χ1v) is 10.2. The molecule has 9 nitrogen and oxygen atoms in total. The molecule has 0 saturated heterocycles. The Morgan fingerprint density at radius 3 is 2.39 bits per heavy atom. The van der Waals surface area contributed by atoms with Gasteiger partial charge in [-0.25, -0.2) is 4.39 Å². The second-order valence-corrected chi connectivity index (χ2v) is 7.73. The van der Waals surface area contributed by atoms with Crippen molar-refractivity contribution in [3.8, 4) is 5.69 Å². The summed E-state index contributed by atoms with van der Waals surface area (Å²) in [7, 11) is 0. The molecule has 36 heavy (non-hydrogen) atoms. The molecule has 0 fully saturated rings. The molecule has 3 rings (SSSR count). The predicted molar refractivity (Wildman–Crippen MR) is 120 cm³/mol. The molecule has 0 bridgehead atoms. The summed E-state index contributed by atoms with van der Waals surface area (Å²) in [6.45, 7) is 2.51. The van der Waals surface area contributed by atoms with E-state index in [1.165, 1.54) is 32.0 Å². The smallest absolute Gasteiger partial charge is 0.345 e. The highest BCUT2D eigenvalue weighted by molar-refractivity contribution is 5.94. The predicted octanol–water partition coefficient (Wildman–Crippen LogP) is 4.35. The van der Waals surface area contributed by atoms with Crippen LogP contribution < -0.4 is 16.2 Å². The summed E-state index contributed by atoms with van der Waals surface area (Å²) >= 11 is 0. The highest BCUT2D eigenvalue weighted by Crippen LogP contribution is 2.34. The number of hydrogen-bond acceptors (Lipinski definition) is 5. The van der Waals surface area contributed by atoms with Gasteiger partial charge in [-0.3, -0.25) is 29.1 Å². The van der Waals surface area contributed by atoms with Gasteiger partial charge in [-0.05, 0) is 42.8 Å². The van der Waals surface area contributed by atoms with Gasteiger partial charge in [0.05, 0.1) is 33.5 Å². The third-order valence-corrected chi connectivity index (χ3v) is 5.04. The summed E-state index contributed by atoms with van der Waals surface area (Å²) in [6, 6.07) is 6.61. The maximum absolute atomic E-state index is 14.0. The fraction of sp³-hybridized carbons (Fsp3) is 0.174. The van der Waals surface area contributed by atoms with Crippen LogP contribution in [0.15, 0.2) is 59.5 Å². The number of aromatic nitrogens is 1. The van der Waals surface area contributed by atoms with Crippen LogP contribution in [0.5, 0.6) is 0 Å². The Labute approximate surface area is 200 Å². The van der Waals surface area contributed by atoms with Crippen molar-refractivity contribution in [3.05, 3.63) is 97.7 Å². The fourth-order valence-electron chi connectivity index (χ4n) is 3.29. The molecule has 1 aromatic heterocycles. The molecule has 2 amide bonds. The van der Waals surface area contributed by atoms with Crippen LogP contribution in [-0.2, 0) is 11.0 Å². The normalized spacial score (nSPS) is 12.1. The van der Waals surface area contributed by atoms with E-state index in [2.05, 4.69) is 10.6 Å². The van der Waals surface area contributed by atoms with E-state index in [-0.39, 0.29) is 22.5 Å². The number of carbonyl (C=O) groups excluding carboxylic acids is 2. The number of non-ortho nitro benzene ring substituents is 1. The number of amides is 2. The van der Waals surface area contributed by atoms with Crippen LogP contribution in [0.4, 0.5) is 28.9 Å².